The number of halogens is 1. The number of hydrogen-bond donors (Lipinski definition) is 2. The van der Waals surface area contributed by atoms with Crippen LogP contribution in [0.2, 0.25) is 0 Å². The standard InChI is InChI=1S/C17H16FN7OS/c18-11-3-1-8-19-14(11)17(6-2-7-17)9-20-13-5-4-12(23-24-13)15(26)22-16-25-21-10-27-16/h1,3-5,8,10H,2,6-7,9H2,(H,20,24)(H,22,25,26). The van der Waals surface area contributed by atoms with Crippen molar-refractivity contribution >= 4 is 28.2 Å². The topological polar surface area (TPSA) is 106 Å². The van der Waals surface area contributed by atoms with Crippen molar-refractivity contribution < 1.29 is 9.18 Å². The van der Waals surface area contributed by atoms with Crippen molar-refractivity contribution in [2.45, 2.75) is 24.7 Å². The Labute approximate surface area is 158 Å². The molecule has 3 aromatic rings. The normalized spacial score (nSPS) is 15.0. The molecule has 1 saturated carbocycles. The number of rotatable bonds is 6. The van der Waals surface area contributed by atoms with Gasteiger partial charge in [-0.2, -0.15) is 0 Å². The molecule has 0 bridgehead atoms. The smallest absolute Gasteiger partial charge is 0.278 e. The first-order chi connectivity index (χ1) is 13.2. The fraction of sp³-hybridized carbons (Fsp3) is 0.294. The number of hydrogen-bond acceptors (Lipinski definition) is 8. The van der Waals surface area contributed by atoms with E-state index in [1.54, 1.807) is 24.4 Å². The molecule has 1 aliphatic rings. The molecule has 0 spiro atoms. The van der Waals surface area contributed by atoms with Crippen molar-refractivity contribution in [2.75, 3.05) is 17.2 Å². The Morgan fingerprint density at radius 2 is 2.11 bits per heavy atom. The quantitative estimate of drug-likeness (QED) is 0.672. The zero-order valence-corrected chi connectivity index (χ0v) is 15.0. The molecule has 10 heteroatoms. The van der Waals surface area contributed by atoms with Crippen LogP contribution in [-0.4, -0.2) is 37.8 Å². The minimum Gasteiger partial charge on any atom is -0.368 e. The number of nitrogens with one attached hydrogen (secondary N) is 2. The molecule has 1 aliphatic carbocycles. The summed E-state index contributed by atoms with van der Waals surface area (Å²) in [6.45, 7) is 0.506. The minimum absolute atomic E-state index is 0.171. The predicted octanol–water partition coefficient (Wildman–Crippen LogP) is 2.65. The lowest BCUT2D eigenvalue weighted by atomic mass is 9.66. The zero-order chi connectivity index (χ0) is 18.7. The number of pyridine rings is 1. The van der Waals surface area contributed by atoms with Gasteiger partial charge in [0, 0.05) is 18.2 Å². The van der Waals surface area contributed by atoms with Gasteiger partial charge in [-0.25, -0.2) is 4.39 Å². The number of carbonyl (C=O) groups is 1. The van der Waals surface area contributed by atoms with Crippen molar-refractivity contribution in [3.63, 3.8) is 0 Å². The monoisotopic (exact) mass is 385 g/mol. The Balaban J connectivity index is 1.41. The molecule has 0 unspecified atom stereocenters. The first-order valence-electron chi connectivity index (χ1n) is 8.42. The lowest BCUT2D eigenvalue weighted by Gasteiger charge is -2.41. The maximum atomic E-state index is 14.2. The van der Waals surface area contributed by atoms with Crippen LogP contribution in [0, 0.1) is 5.82 Å². The van der Waals surface area contributed by atoms with Gasteiger partial charge in [0.2, 0.25) is 5.13 Å². The van der Waals surface area contributed by atoms with Crippen LogP contribution in [0.1, 0.15) is 35.4 Å². The zero-order valence-electron chi connectivity index (χ0n) is 14.2. The number of aromatic nitrogens is 5. The highest BCUT2D eigenvalue weighted by atomic mass is 32.1. The lowest BCUT2D eigenvalue weighted by molar-refractivity contribution is 0.102. The molecule has 0 aliphatic heterocycles. The Kier molecular flexibility index (Phi) is 4.71. The van der Waals surface area contributed by atoms with E-state index in [0.29, 0.717) is 23.2 Å². The van der Waals surface area contributed by atoms with Crippen molar-refractivity contribution in [3.8, 4) is 0 Å². The summed E-state index contributed by atoms with van der Waals surface area (Å²) in [5.41, 5.74) is 1.85. The first kappa shape index (κ1) is 17.4. The summed E-state index contributed by atoms with van der Waals surface area (Å²) in [6, 6.07) is 6.27. The van der Waals surface area contributed by atoms with Gasteiger partial charge in [-0.05, 0) is 37.1 Å². The van der Waals surface area contributed by atoms with Crippen LogP contribution in [0.15, 0.2) is 36.0 Å². The van der Waals surface area contributed by atoms with E-state index in [4.69, 9.17) is 0 Å². The number of anilines is 2. The van der Waals surface area contributed by atoms with E-state index in [2.05, 4.69) is 36.0 Å². The van der Waals surface area contributed by atoms with Gasteiger partial charge < -0.3 is 5.32 Å². The molecular formula is C17H16FN7OS. The predicted molar refractivity (Wildman–Crippen MR) is 98.1 cm³/mol. The average molecular weight is 385 g/mol. The van der Waals surface area contributed by atoms with Crippen LogP contribution in [0.4, 0.5) is 15.3 Å². The molecule has 0 radical (unpaired) electrons. The molecule has 0 atom stereocenters. The maximum Gasteiger partial charge on any atom is 0.278 e. The highest BCUT2D eigenvalue weighted by Gasteiger charge is 2.41. The summed E-state index contributed by atoms with van der Waals surface area (Å²) in [4.78, 5) is 16.3. The van der Waals surface area contributed by atoms with Crippen LogP contribution in [-0.2, 0) is 5.41 Å². The van der Waals surface area contributed by atoms with E-state index < -0.39 is 5.91 Å². The summed E-state index contributed by atoms with van der Waals surface area (Å²) in [5.74, 6) is -0.171. The lowest BCUT2D eigenvalue weighted by Crippen LogP contribution is -2.42. The van der Waals surface area contributed by atoms with E-state index in [0.717, 1.165) is 19.3 Å². The molecule has 0 aromatic carbocycles. The number of nitrogens with zero attached hydrogens (tertiary/aromatic N) is 5. The summed E-state index contributed by atoms with van der Waals surface area (Å²) in [7, 11) is 0. The second kappa shape index (κ2) is 7.31. The van der Waals surface area contributed by atoms with Crippen LogP contribution in [0.25, 0.3) is 0 Å². The second-order valence-corrected chi connectivity index (χ2v) is 7.16. The van der Waals surface area contributed by atoms with Gasteiger partial charge in [-0.1, -0.05) is 17.8 Å². The molecule has 3 heterocycles. The Morgan fingerprint density at radius 3 is 2.74 bits per heavy atom. The van der Waals surface area contributed by atoms with Crippen molar-refractivity contribution in [2.24, 2.45) is 0 Å². The van der Waals surface area contributed by atoms with Gasteiger partial charge in [0.15, 0.2) is 5.69 Å². The van der Waals surface area contributed by atoms with Crippen molar-refractivity contribution in [3.05, 3.63) is 53.2 Å². The summed E-state index contributed by atoms with van der Waals surface area (Å²) in [6.07, 6.45) is 4.38. The van der Waals surface area contributed by atoms with Gasteiger partial charge >= 0.3 is 0 Å². The molecule has 2 N–H and O–H groups in total. The van der Waals surface area contributed by atoms with E-state index in [-0.39, 0.29) is 16.9 Å². The number of carbonyl (C=O) groups excluding carboxylic acids is 1. The number of amides is 1. The summed E-state index contributed by atoms with van der Waals surface area (Å²) in [5, 5.41) is 21.6. The largest absolute Gasteiger partial charge is 0.368 e. The Morgan fingerprint density at radius 1 is 1.22 bits per heavy atom. The summed E-state index contributed by atoms with van der Waals surface area (Å²) >= 11 is 1.22. The highest BCUT2D eigenvalue weighted by Crippen LogP contribution is 2.43. The van der Waals surface area contributed by atoms with E-state index in [9.17, 15) is 9.18 Å². The van der Waals surface area contributed by atoms with E-state index in [1.807, 2.05) is 0 Å². The molecule has 0 saturated heterocycles. The fourth-order valence-corrected chi connectivity index (χ4v) is 3.51. The third-order valence-electron chi connectivity index (χ3n) is 4.66. The molecular weight excluding hydrogens is 369 g/mol. The molecule has 3 aromatic heterocycles. The second-order valence-electron chi connectivity index (χ2n) is 6.32. The Bertz CT molecular complexity index is 929. The third-order valence-corrected chi connectivity index (χ3v) is 5.26. The third kappa shape index (κ3) is 3.61. The van der Waals surface area contributed by atoms with Crippen LogP contribution in [0.3, 0.4) is 0 Å². The molecule has 4 rings (SSSR count). The fourth-order valence-electron chi connectivity index (χ4n) is 3.07. The van der Waals surface area contributed by atoms with Crippen LogP contribution >= 0.6 is 11.3 Å². The van der Waals surface area contributed by atoms with Crippen LogP contribution < -0.4 is 10.6 Å². The van der Waals surface area contributed by atoms with E-state index >= 15 is 0 Å². The van der Waals surface area contributed by atoms with Gasteiger partial charge in [0.05, 0.1) is 5.69 Å². The molecule has 1 fully saturated rings. The molecule has 8 nitrogen and oxygen atoms in total. The van der Waals surface area contributed by atoms with Crippen molar-refractivity contribution in [1.29, 1.82) is 0 Å². The maximum absolute atomic E-state index is 14.2. The minimum atomic E-state index is -0.406. The highest BCUT2D eigenvalue weighted by molar-refractivity contribution is 7.13. The Hall–Kier alpha value is -3.01. The van der Waals surface area contributed by atoms with Gasteiger partial charge in [-0.3, -0.25) is 15.1 Å². The summed E-state index contributed by atoms with van der Waals surface area (Å²) < 4.78 is 14.2. The van der Waals surface area contributed by atoms with E-state index in [1.165, 1.54) is 22.9 Å². The SMILES string of the molecule is O=C(Nc1nncs1)c1ccc(NCC2(c3ncccc3F)CCC2)nn1. The van der Waals surface area contributed by atoms with Gasteiger partial charge in [0.1, 0.15) is 17.1 Å². The molecule has 27 heavy (non-hydrogen) atoms. The van der Waals surface area contributed by atoms with Gasteiger partial charge in [-0.15, -0.1) is 20.4 Å². The first-order valence-corrected chi connectivity index (χ1v) is 9.30. The average Bonchev–Trinajstić information content (AvgIpc) is 3.15. The molecule has 138 valence electrons. The van der Waals surface area contributed by atoms with Gasteiger partial charge in [0.25, 0.3) is 5.91 Å². The van der Waals surface area contributed by atoms with Crippen molar-refractivity contribution in [1.82, 2.24) is 25.4 Å². The molecule has 1 amide bonds. The van der Waals surface area contributed by atoms with Crippen LogP contribution in [0.5, 0.6) is 0 Å².